The van der Waals surface area contributed by atoms with Gasteiger partial charge < -0.3 is 10.0 Å². The van der Waals surface area contributed by atoms with Crippen LogP contribution in [-0.4, -0.2) is 44.3 Å². The van der Waals surface area contributed by atoms with E-state index in [1.807, 2.05) is 0 Å². The van der Waals surface area contributed by atoms with Crippen LogP contribution in [0, 0.1) is 0 Å². The standard InChI is InChI=1S/C17H19N3O4/c1-19-16(22)12-7-3-2-6-11(12)13(18-19)10-15(21)20-9-5-4-8-14(20)17(23)24/h2-3,6-7,14H,4-5,8-10H2,1H3,(H,23,24)/t14-/m0/s1. The van der Waals surface area contributed by atoms with E-state index >= 15 is 0 Å². The molecule has 1 aliphatic rings. The number of fused-ring (bicyclic) bond motifs is 1. The fourth-order valence-electron chi connectivity index (χ4n) is 3.24. The van der Waals surface area contributed by atoms with Gasteiger partial charge in [0.25, 0.3) is 5.56 Å². The Morgan fingerprint density at radius 1 is 1.25 bits per heavy atom. The van der Waals surface area contributed by atoms with E-state index in [-0.39, 0.29) is 17.9 Å². The Kier molecular flexibility index (Phi) is 4.33. The molecule has 2 aromatic rings. The largest absolute Gasteiger partial charge is 0.480 e. The lowest BCUT2D eigenvalue weighted by atomic mass is 10.0. The Hall–Kier alpha value is -2.70. The van der Waals surface area contributed by atoms with Gasteiger partial charge in [0.1, 0.15) is 6.04 Å². The maximum absolute atomic E-state index is 12.7. The summed E-state index contributed by atoms with van der Waals surface area (Å²) in [5, 5.41) is 14.7. The number of carbonyl (C=O) groups excluding carboxylic acids is 1. The first-order chi connectivity index (χ1) is 11.5. The summed E-state index contributed by atoms with van der Waals surface area (Å²) in [6.07, 6.45) is 2.07. The lowest BCUT2D eigenvalue weighted by molar-refractivity contribution is -0.151. The third-order valence-electron chi connectivity index (χ3n) is 4.46. The quantitative estimate of drug-likeness (QED) is 0.905. The normalized spacial score (nSPS) is 17.9. The van der Waals surface area contributed by atoms with Gasteiger partial charge in [-0.3, -0.25) is 9.59 Å². The molecule has 0 bridgehead atoms. The van der Waals surface area contributed by atoms with Gasteiger partial charge >= 0.3 is 5.97 Å². The van der Waals surface area contributed by atoms with Gasteiger partial charge in [0.05, 0.1) is 17.5 Å². The maximum Gasteiger partial charge on any atom is 0.326 e. The highest BCUT2D eigenvalue weighted by molar-refractivity contribution is 5.90. The molecule has 1 N–H and O–H groups in total. The minimum absolute atomic E-state index is 0.0155. The average Bonchev–Trinajstić information content (AvgIpc) is 2.59. The highest BCUT2D eigenvalue weighted by Crippen LogP contribution is 2.20. The van der Waals surface area contributed by atoms with Crippen LogP contribution in [0.1, 0.15) is 25.0 Å². The number of rotatable bonds is 3. The fourth-order valence-corrected chi connectivity index (χ4v) is 3.24. The first kappa shape index (κ1) is 16.2. The molecule has 1 atom stereocenters. The molecule has 0 aliphatic carbocycles. The molecule has 3 rings (SSSR count). The molecule has 0 radical (unpaired) electrons. The SMILES string of the molecule is Cn1nc(CC(=O)N2CCCC[C@H]2C(=O)O)c2ccccc2c1=O. The summed E-state index contributed by atoms with van der Waals surface area (Å²) in [6.45, 7) is 0.444. The first-order valence-electron chi connectivity index (χ1n) is 7.96. The lowest BCUT2D eigenvalue weighted by Gasteiger charge is -2.33. The fraction of sp³-hybridized carbons (Fsp3) is 0.412. The van der Waals surface area contributed by atoms with E-state index in [9.17, 15) is 19.5 Å². The van der Waals surface area contributed by atoms with Crippen molar-refractivity contribution in [3.63, 3.8) is 0 Å². The minimum atomic E-state index is -0.971. The zero-order valence-corrected chi connectivity index (χ0v) is 13.4. The van der Waals surface area contributed by atoms with Crippen molar-refractivity contribution in [2.75, 3.05) is 6.54 Å². The molecule has 0 saturated carbocycles. The van der Waals surface area contributed by atoms with Crippen molar-refractivity contribution in [2.24, 2.45) is 7.05 Å². The van der Waals surface area contributed by atoms with Crippen molar-refractivity contribution in [2.45, 2.75) is 31.7 Å². The number of aromatic nitrogens is 2. The molecule has 1 aliphatic heterocycles. The summed E-state index contributed by atoms with van der Waals surface area (Å²) < 4.78 is 1.22. The number of aliphatic carboxylic acids is 1. The summed E-state index contributed by atoms with van der Waals surface area (Å²) in [5.41, 5.74) is 0.274. The molecule has 7 nitrogen and oxygen atoms in total. The third-order valence-corrected chi connectivity index (χ3v) is 4.46. The molecule has 0 unspecified atom stereocenters. The number of carboxylic acids is 1. The number of carboxylic acid groups (broad SMARTS) is 1. The van der Waals surface area contributed by atoms with Gasteiger partial charge in [-0.25, -0.2) is 9.48 Å². The van der Waals surface area contributed by atoms with Gasteiger partial charge in [0, 0.05) is 19.0 Å². The van der Waals surface area contributed by atoms with Crippen LogP contribution in [-0.2, 0) is 23.1 Å². The van der Waals surface area contributed by atoms with Gasteiger partial charge in [-0.1, -0.05) is 18.2 Å². The van der Waals surface area contributed by atoms with E-state index in [0.29, 0.717) is 29.4 Å². The molecule has 2 heterocycles. The van der Waals surface area contributed by atoms with Gasteiger partial charge in [0.2, 0.25) is 5.91 Å². The Bertz CT molecular complexity index is 859. The summed E-state index contributed by atoms with van der Waals surface area (Å²) in [5.74, 6) is -1.24. The molecule has 1 fully saturated rings. The third kappa shape index (κ3) is 2.89. The average molecular weight is 329 g/mol. The number of aryl methyl sites for hydroxylation is 1. The van der Waals surface area contributed by atoms with Crippen LogP contribution in [0.4, 0.5) is 0 Å². The van der Waals surface area contributed by atoms with Crippen LogP contribution in [0.2, 0.25) is 0 Å². The van der Waals surface area contributed by atoms with E-state index < -0.39 is 12.0 Å². The molecule has 126 valence electrons. The second kappa shape index (κ2) is 6.43. The van der Waals surface area contributed by atoms with Crippen molar-refractivity contribution in [1.82, 2.24) is 14.7 Å². The lowest BCUT2D eigenvalue weighted by Crippen LogP contribution is -2.48. The predicted molar refractivity (Wildman–Crippen MR) is 87.7 cm³/mol. The van der Waals surface area contributed by atoms with Gasteiger partial charge in [0.15, 0.2) is 0 Å². The van der Waals surface area contributed by atoms with E-state index in [4.69, 9.17) is 0 Å². The number of piperidine rings is 1. The van der Waals surface area contributed by atoms with Crippen molar-refractivity contribution in [1.29, 1.82) is 0 Å². The number of carbonyl (C=O) groups is 2. The van der Waals surface area contributed by atoms with Gasteiger partial charge in [-0.15, -0.1) is 0 Å². The zero-order chi connectivity index (χ0) is 17.3. The van der Waals surface area contributed by atoms with Crippen molar-refractivity contribution in [3.8, 4) is 0 Å². The highest BCUT2D eigenvalue weighted by atomic mass is 16.4. The molecule has 0 spiro atoms. The van der Waals surface area contributed by atoms with E-state index in [2.05, 4.69) is 5.10 Å². The predicted octanol–water partition coefficient (Wildman–Crippen LogP) is 0.942. The minimum Gasteiger partial charge on any atom is -0.480 e. The van der Waals surface area contributed by atoms with Crippen LogP contribution >= 0.6 is 0 Å². The number of benzene rings is 1. The van der Waals surface area contributed by atoms with Crippen LogP contribution in [0.15, 0.2) is 29.1 Å². The Morgan fingerprint density at radius 2 is 1.96 bits per heavy atom. The monoisotopic (exact) mass is 329 g/mol. The Balaban J connectivity index is 1.95. The molecule has 7 heteroatoms. The van der Waals surface area contributed by atoms with E-state index in [0.717, 1.165) is 12.8 Å². The van der Waals surface area contributed by atoms with Crippen LogP contribution < -0.4 is 5.56 Å². The second-order valence-electron chi connectivity index (χ2n) is 6.03. The van der Waals surface area contributed by atoms with Crippen molar-refractivity contribution < 1.29 is 14.7 Å². The van der Waals surface area contributed by atoms with Gasteiger partial charge in [-0.05, 0) is 25.3 Å². The summed E-state index contributed by atoms with van der Waals surface area (Å²) in [6, 6.07) is 6.25. The molecule has 1 amide bonds. The summed E-state index contributed by atoms with van der Waals surface area (Å²) in [4.78, 5) is 37.6. The number of likely N-dealkylation sites (tertiary alicyclic amines) is 1. The molecule has 1 saturated heterocycles. The van der Waals surface area contributed by atoms with Crippen molar-refractivity contribution >= 4 is 22.6 Å². The number of amides is 1. The first-order valence-corrected chi connectivity index (χ1v) is 7.96. The van der Waals surface area contributed by atoms with E-state index in [1.165, 1.54) is 9.58 Å². The molecule has 1 aromatic heterocycles. The molecular formula is C17H19N3O4. The maximum atomic E-state index is 12.7. The molecule has 24 heavy (non-hydrogen) atoms. The van der Waals surface area contributed by atoms with Gasteiger partial charge in [-0.2, -0.15) is 5.10 Å². The molecule has 1 aromatic carbocycles. The Labute approximate surface area is 138 Å². The molecular weight excluding hydrogens is 310 g/mol. The Morgan fingerprint density at radius 3 is 2.67 bits per heavy atom. The number of nitrogens with zero attached hydrogens (tertiary/aromatic N) is 3. The smallest absolute Gasteiger partial charge is 0.326 e. The zero-order valence-electron chi connectivity index (χ0n) is 13.4. The van der Waals surface area contributed by atoms with Crippen LogP contribution in [0.25, 0.3) is 10.8 Å². The van der Waals surface area contributed by atoms with Crippen molar-refractivity contribution in [3.05, 3.63) is 40.3 Å². The topological polar surface area (TPSA) is 92.5 Å². The highest BCUT2D eigenvalue weighted by Gasteiger charge is 2.32. The van der Waals surface area contributed by atoms with Crippen LogP contribution in [0.5, 0.6) is 0 Å². The second-order valence-corrected chi connectivity index (χ2v) is 6.03. The summed E-state index contributed by atoms with van der Waals surface area (Å²) >= 11 is 0. The number of hydrogen-bond acceptors (Lipinski definition) is 4. The van der Waals surface area contributed by atoms with E-state index in [1.54, 1.807) is 31.3 Å². The number of hydrogen-bond donors (Lipinski definition) is 1. The van der Waals surface area contributed by atoms with Crippen LogP contribution in [0.3, 0.4) is 0 Å². The summed E-state index contributed by atoms with van der Waals surface area (Å²) in [7, 11) is 1.55.